The zero-order valence-electron chi connectivity index (χ0n) is 19.9. The van der Waals surface area contributed by atoms with Gasteiger partial charge in [-0.05, 0) is 12.5 Å². The summed E-state index contributed by atoms with van der Waals surface area (Å²) in [6, 6.07) is 2.52. The largest absolute Gasteiger partial charge is 0.477 e. The van der Waals surface area contributed by atoms with E-state index < -0.39 is 34.9 Å². The lowest BCUT2D eigenvalue weighted by Crippen LogP contribution is -2.71. The maximum absolute atomic E-state index is 13.2. The lowest BCUT2D eigenvalue weighted by atomic mass is 9.90. The van der Waals surface area contributed by atoms with Gasteiger partial charge in [0.2, 0.25) is 5.91 Å². The molecule has 13 nitrogen and oxygen atoms in total. The molecule has 0 saturated carbocycles. The smallest absolute Gasteiger partial charge is 0.352 e. The summed E-state index contributed by atoms with van der Waals surface area (Å²) >= 11 is 2.31. The van der Waals surface area contributed by atoms with Crippen molar-refractivity contribution in [3.63, 3.8) is 0 Å². The number of carboxylic acids is 1. The number of carbonyl (C=O) groups excluding carboxylic acids is 3. The number of oxime groups is 1. The molecular formula is C23H22N7O6S2+. The highest BCUT2D eigenvalue weighted by atomic mass is 32.2. The standard InChI is InChI=1S/C23H21N7O6S2/c1-29-6-2-3-10(7-29)14(11-4-5-25-18(11)31)12-8-37-21-16(20(33)30(21)17(12)22(34)35)27-19(32)15(28-36)13-9-38-23(24)26-13/h2-3,6-7,9,16,21H,4-5,8H2,1H3,(H5-,24,25,26,27,31,32,34,35,36)/p+1/t16-,21-/m1/s1. The molecule has 2 atom stereocenters. The molecule has 0 spiro atoms. The number of fused-ring (bicyclic) bond motifs is 1. The molecular weight excluding hydrogens is 534 g/mol. The van der Waals surface area contributed by atoms with E-state index in [0.29, 0.717) is 35.2 Å². The molecule has 0 aliphatic carbocycles. The Bertz CT molecular complexity index is 1480. The van der Waals surface area contributed by atoms with Crippen molar-refractivity contribution in [1.82, 2.24) is 20.5 Å². The van der Waals surface area contributed by atoms with E-state index in [1.807, 2.05) is 13.2 Å². The fourth-order valence-electron chi connectivity index (χ4n) is 4.66. The number of thioether (sulfide) groups is 1. The van der Waals surface area contributed by atoms with Crippen molar-refractivity contribution in [1.29, 1.82) is 0 Å². The molecule has 196 valence electrons. The number of hydrogen-bond donors (Lipinski definition) is 5. The van der Waals surface area contributed by atoms with Crippen LogP contribution in [0.2, 0.25) is 0 Å². The Morgan fingerprint density at radius 3 is 2.76 bits per heavy atom. The van der Waals surface area contributed by atoms with Crippen LogP contribution in [0.5, 0.6) is 0 Å². The van der Waals surface area contributed by atoms with Gasteiger partial charge in [0.15, 0.2) is 23.2 Å². The van der Waals surface area contributed by atoms with E-state index in [-0.39, 0.29) is 28.2 Å². The highest BCUT2D eigenvalue weighted by Gasteiger charge is 2.55. The lowest BCUT2D eigenvalue weighted by Gasteiger charge is -2.49. The van der Waals surface area contributed by atoms with Gasteiger partial charge in [-0.3, -0.25) is 19.3 Å². The molecule has 5 rings (SSSR count). The molecule has 0 unspecified atom stereocenters. The summed E-state index contributed by atoms with van der Waals surface area (Å²) in [6.07, 6.45) is 4.02. The lowest BCUT2D eigenvalue weighted by molar-refractivity contribution is -0.671. The Labute approximate surface area is 223 Å². The molecule has 38 heavy (non-hydrogen) atoms. The van der Waals surface area contributed by atoms with Gasteiger partial charge in [-0.15, -0.1) is 23.1 Å². The predicted molar refractivity (Wildman–Crippen MR) is 137 cm³/mol. The van der Waals surface area contributed by atoms with Gasteiger partial charge in [0.25, 0.3) is 11.8 Å². The van der Waals surface area contributed by atoms with Gasteiger partial charge in [-0.1, -0.05) is 5.16 Å². The maximum atomic E-state index is 13.2. The van der Waals surface area contributed by atoms with Crippen LogP contribution in [0.1, 0.15) is 17.7 Å². The average molecular weight is 557 g/mol. The van der Waals surface area contributed by atoms with E-state index in [1.165, 1.54) is 17.1 Å². The average Bonchev–Trinajstić information content (AvgIpc) is 3.50. The number of anilines is 1. The molecule has 2 aromatic heterocycles. The topological polar surface area (TPSA) is 191 Å². The van der Waals surface area contributed by atoms with Crippen LogP contribution in [0.4, 0.5) is 5.13 Å². The zero-order chi connectivity index (χ0) is 27.1. The van der Waals surface area contributed by atoms with Gasteiger partial charge in [-0.2, -0.15) is 0 Å². The third kappa shape index (κ3) is 4.28. The number of pyridine rings is 1. The number of nitrogens with zero attached hydrogens (tertiary/aromatic N) is 4. The highest BCUT2D eigenvalue weighted by molar-refractivity contribution is 8.00. The SMILES string of the molecule is C[n+]1cccc(C(=C2CCNC2=O)C2=C(C(=O)O)N3C(=O)[C@@H](NC(=O)C(=NO)c4csc(N)n4)[C@H]3SC2)c1. The van der Waals surface area contributed by atoms with Crippen LogP contribution in [-0.4, -0.2) is 73.3 Å². The molecule has 3 aliphatic rings. The third-order valence-electron chi connectivity index (χ3n) is 6.30. The number of β-lactam (4-membered cyclic amide) rings is 1. The predicted octanol–water partition coefficient (Wildman–Crippen LogP) is -0.560. The molecule has 2 aromatic rings. The molecule has 2 saturated heterocycles. The van der Waals surface area contributed by atoms with Gasteiger partial charge in [0, 0.05) is 46.0 Å². The number of aliphatic carboxylic acids is 1. The minimum atomic E-state index is -1.32. The Hall–Kier alpha value is -4.24. The van der Waals surface area contributed by atoms with Crippen molar-refractivity contribution in [2.75, 3.05) is 18.0 Å². The second-order valence-electron chi connectivity index (χ2n) is 8.63. The number of allylic oxidation sites excluding steroid dienone is 1. The normalized spacial score (nSPS) is 22.6. The Balaban J connectivity index is 1.50. The summed E-state index contributed by atoms with van der Waals surface area (Å²) in [5.74, 6) is -2.92. The van der Waals surface area contributed by atoms with E-state index in [4.69, 9.17) is 5.73 Å². The molecule has 15 heteroatoms. The zero-order valence-corrected chi connectivity index (χ0v) is 21.5. The van der Waals surface area contributed by atoms with Crippen LogP contribution < -0.4 is 20.9 Å². The van der Waals surface area contributed by atoms with Crippen molar-refractivity contribution < 1.29 is 34.1 Å². The van der Waals surface area contributed by atoms with Crippen molar-refractivity contribution >= 4 is 63.2 Å². The number of nitrogens with two attached hydrogens (primary N) is 1. The number of aryl methyl sites for hydroxylation is 1. The summed E-state index contributed by atoms with van der Waals surface area (Å²) in [5.41, 5.74) is 6.92. The first-order valence-corrected chi connectivity index (χ1v) is 13.3. The molecule has 3 aliphatic heterocycles. The van der Waals surface area contributed by atoms with Crippen molar-refractivity contribution in [3.05, 3.63) is 58.0 Å². The molecule has 5 heterocycles. The summed E-state index contributed by atoms with van der Waals surface area (Å²) < 4.78 is 1.79. The fourth-order valence-corrected chi connectivity index (χ4v) is 6.56. The van der Waals surface area contributed by atoms with E-state index >= 15 is 0 Å². The van der Waals surface area contributed by atoms with Crippen LogP contribution in [0, 0.1) is 0 Å². The van der Waals surface area contributed by atoms with E-state index in [1.54, 1.807) is 22.9 Å². The van der Waals surface area contributed by atoms with Gasteiger partial charge in [-0.25, -0.2) is 14.3 Å². The van der Waals surface area contributed by atoms with E-state index in [2.05, 4.69) is 20.8 Å². The van der Waals surface area contributed by atoms with Crippen molar-refractivity contribution in [2.45, 2.75) is 17.8 Å². The van der Waals surface area contributed by atoms with E-state index in [0.717, 1.165) is 16.2 Å². The Morgan fingerprint density at radius 1 is 1.37 bits per heavy atom. The number of amides is 3. The molecule has 3 amide bonds. The van der Waals surface area contributed by atoms with Crippen LogP contribution in [0.15, 0.2) is 51.9 Å². The number of aromatic nitrogens is 2. The number of carboxylic acid groups (broad SMARTS) is 1. The second kappa shape index (κ2) is 9.90. The molecule has 0 bridgehead atoms. The summed E-state index contributed by atoms with van der Waals surface area (Å²) in [5, 5.41) is 28.7. The molecule has 2 fully saturated rings. The quantitative estimate of drug-likeness (QED) is 0.0775. The molecule has 0 radical (unpaired) electrons. The first kappa shape index (κ1) is 25.4. The number of nitrogen functional groups attached to an aromatic ring is 1. The number of rotatable bonds is 6. The minimum absolute atomic E-state index is 0.0444. The van der Waals surface area contributed by atoms with Crippen LogP contribution in [0.25, 0.3) is 5.57 Å². The number of thiazole rings is 1. The van der Waals surface area contributed by atoms with Crippen LogP contribution >= 0.6 is 23.1 Å². The number of hydrogen-bond acceptors (Lipinski definition) is 10. The van der Waals surface area contributed by atoms with E-state index in [9.17, 15) is 29.5 Å². The molecule has 6 N–H and O–H groups in total. The van der Waals surface area contributed by atoms with Crippen molar-refractivity contribution in [2.24, 2.45) is 12.2 Å². The second-order valence-corrected chi connectivity index (χ2v) is 10.6. The monoisotopic (exact) mass is 556 g/mol. The van der Waals surface area contributed by atoms with Gasteiger partial charge < -0.3 is 26.7 Å². The first-order valence-electron chi connectivity index (χ1n) is 11.3. The Kier molecular flexibility index (Phi) is 6.62. The van der Waals surface area contributed by atoms with Gasteiger partial charge >= 0.3 is 5.97 Å². The number of carbonyl (C=O) groups is 4. The van der Waals surface area contributed by atoms with Crippen molar-refractivity contribution in [3.8, 4) is 0 Å². The Morgan fingerprint density at radius 2 is 2.16 bits per heavy atom. The third-order valence-corrected chi connectivity index (χ3v) is 8.26. The first-order chi connectivity index (χ1) is 18.2. The van der Waals surface area contributed by atoms with Gasteiger partial charge in [0.1, 0.15) is 29.9 Å². The molecule has 0 aromatic carbocycles. The van der Waals surface area contributed by atoms with Crippen LogP contribution in [-0.2, 0) is 26.2 Å². The summed E-state index contributed by atoms with van der Waals surface area (Å²) in [7, 11) is 1.81. The minimum Gasteiger partial charge on any atom is -0.477 e. The maximum Gasteiger partial charge on any atom is 0.352 e. The van der Waals surface area contributed by atoms with Gasteiger partial charge in [0.05, 0.1) is 0 Å². The summed E-state index contributed by atoms with van der Waals surface area (Å²) in [6.45, 7) is 0.429. The number of nitrogens with one attached hydrogen (secondary N) is 2. The fraction of sp³-hybridized carbons (Fsp3) is 0.261. The van der Waals surface area contributed by atoms with Crippen LogP contribution in [0.3, 0.4) is 0 Å². The summed E-state index contributed by atoms with van der Waals surface area (Å²) in [4.78, 5) is 56.2. The highest BCUT2D eigenvalue weighted by Crippen LogP contribution is 2.45.